The van der Waals surface area contributed by atoms with Gasteiger partial charge in [-0.25, -0.2) is 0 Å². The minimum atomic E-state index is -1.01. The van der Waals surface area contributed by atoms with E-state index in [1.54, 1.807) is 13.0 Å². The Hall–Kier alpha value is -1.62. The minimum absolute atomic E-state index is 0.0782. The highest BCUT2D eigenvalue weighted by Gasteiger charge is 2.38. The molecular formula is C15H20ClNO4. The molecule has 0 radical (unpaired) electrons. The first-order valence-corrected chi connectivity index (χ1v) is 7.41. The number of unbranched alkanes of at least 4 members (excludes halogenated alkanes) is 1. The van der Waals surface area contributed by atoms with Gasteiger partial charge in [0.1, 0.15) is 0 Å². The first-order chi connectivity index (χ1) is 9.88. The molecule has 21 heavy (non-hydrogen) atoms. The van der Waals surface area contributed by atoms with Crippen LogP contribution in [-0.4, -0.2) is 16.0 Å². The molecule has 0 spiro atoms. The van der Waals surface area contributed by atoms with Crippen molar-refractivity contribution in [2.75, 3.05) is 0 Å². The number of carbonyl (C=O) groups is 1. The molecule has 5 nitrogen and oxygen atoms in total. The molecule has 1 aromatic rings. The Morgan fingerprint density at radius 2 is 2.10 bits per heavy atom. The zero-order valence-electron chi connectivity index (χ0n) is 12.3. The number of halogens is 1. The molecule has 6 heteroatoms. The van der Waals surface area contributed by atoms with Crippen LogP contribution in [0.1, 0.15) is 45.1 Å². The normalized spacial score (nSPS) is 13.7. The Bertz CT molecular complexity index is 532. The number of carboxylic acid groups (broad SMARTS) is 1. The highest BCUT2D eigenvalue weighted by molar-refractivity contribution is 6.31. The Morgan fingerprint density at radius 3 is 2.57 bits per heavy atom. The number of nitrogens with zero attached hydrogens (tertiary/aromatic N) is 1. The minimum Gasteiger partial charge on any atom is -0.481 e. The highest BCUT2D eigenvalue weighted by atomic mass is 35.5. The standard InChI is InChI=1S/C15H20ClNO4/c1-3-5-9-15(4-2,14(18)19)10-11-12(16)7-6-8-13(11)17(20)21/h6-8H,3-5,9-10H2,1-2H3,(H,18,19). The van der Waals surface area contributed by atoms with E-state index in [1.807, 2.05) is 6.92 Å². The topological polar surface area (TPSA) is 80.4 Å². The van der Waals surface area contributed by atoms with E-state index in [4.69, 9.17) is 11.6 Å². The van der Waals surface area contributed by atoms with E-state index in [9.17, 15) is 20.0 Å². The van der Waals surface area contributed by atoms with Crippen LogP contribution in [0.3, 0.4) is 0 Å². The number of hydrogen-bond donors (Lipinski definition) is 1. The molecule has 116 valence electrons. The van der Waals surface area contributed by atoms with Gasteiger partial charge in [0.15, 0.2) is 0 Å². The van der Waals surface area contributed by atoms with E-state index in [0.29, 0.717) is 18.4 Å². The van der Waals surface area contributed by atoms with Crippen LogP contribution in [0.25, 0.3) is 0 Å². The van der Waals surface area contributed by atoms with Gasteiger partial charge in [-0.2, -0.15) is 0 Å². The molecular weight excluding hydrogens is 294 g/mol. The van der Waals surface area contributed by atoms with Gasteiger partial charge in [0.05, 0.1) is 15.4 Å². The maximum absolute atomic E-state index is 11.7. The lowest BCUT2D eigenvalue weighted by atomic mass is 9.75. The van der Waals surface area contributed by atoms with Crippen LogP contribution in [0.15, 0.2) is 18.2 Å². The molecule has 0 aliphatic heterocycles. The van der Waals surface area contributed by atoms with E-state index in [1.165, 1.54) is 12.1 Å². The monoisotopic (exact) mass is 313 g/mol. The van der Waals surface area contributed by atoms with Crippen LogP contribution in [0, 0.1) is 15.5 Å². The van der Waals surface area contributed by atoms with Gasteiger partial charge < -0.3 is 5.11 Å². The molecule has 0 aliphatic carbocycles. The lowest BCUT2D eigenvalue weighted by Gasteiger charge is -2.28. The Kier molecular flexibility index (Phi) is 6.15. The molecule has 1 unspecified atom stereocenters. The van der Waals surface area contributed by atoms with Crippen molar-refractivity contribution in [3.8, 4) is 0 Å². The van der Waals surface area contributed by atoms with Gasteiger partial charge in [0.25, 0.3) is 5.69 Å². The van der Waals surface area contributed by atoms with E-state index in [0.717, 1.165) is 12.8 Å². The third-order valence-corrected chi connectivity index (χ3v) is 4.30. The quantitative estimate of drug-likeness (QED) is 0.567. The van der Waals surface area contributed by atoms with Crippen LogP contribution in [0.5, 0.6) is 0 Å². The van der Waals surface area contributed by atoms with E-state index >= 15 is 0 Å². The van der Waals surface area contributed by atoms with Crippen LogP contribution in [-0.2, 0) is 11.2 Å². The summed E-state index contributed by atoms with van der Waals surface area (Å²) in [5, 5.41) is 21.0. The van der Waals surface area contributed by atoms with Gasteiger partial charge >= 0.3 is 5.97 Å². The molecule has 0 heterocycles. The van der Waals surface area contributed by atoms with E-state index in [2.05, 4.69) is 0 Å². The maximum Gasteiger partial charge on any atom is 0.309 e. The second-order valence-corrected chi connectivity index (χ2v) is 5.62. The van der Waals surface area contributed by atoms with Gasteiger partial charge in [-0.3, -0.25) is 14.9 Å². The lowest BCUT2D eigenvalue weighted by Crippen LogP contribution is -2.33. The van der Waals surface area contributed by atoms with Crippen molar-refractivity contribution in [1.82, 2.24) is 0 Å². The Morgan fingerprint density at radius 1 is 1.43 bits per heavy atom. The Balaban J connectivity index is 3.26. The molecule has 1 N–H and O–H groups in total. The summed E-state index contributed by atoms with van der Waals surface area (Å²) in [6.07, 6.45) is 2.61. The molecule has 0 saturated heterocycles. The zero-order chi connectivity index (χ0) is 16.0. The SMILES string of the molecule is CCCCC(CC)(Cc1c(Cl)cccc1[N+](=O)[O-])C(=O)O. The number of hydrogen-bond acceptors (Lipinski definition) is 3. The zero-order valence-corrected chi connectivity index (χ0v) is 13.0. The molecule has 0 aromatic heterocycles. The Labute approximate surface area is 129 Å². The van der Waals surface area contributed by atoms with Crippen molar-refractivity contribution in [2.24, 2.45) is 5.41 Å². The maximum atomic E-state index is 11.7. The number of nitro groups is 1. The number of benzene rings is 1. The fourth-order valence-corrected chi connectivity index (χ4v) is 2.71. The van der Waals surface area contributed by atoms with Crippen molar-refractivity contribution in [3.63, 3.8) is 0 Å². The summed E-state index contributed by atoms with van der Waals surface area (Å²) in [6.45, 7) is 3.78. The van der Waals surface area contributed by atoms with Crippen LogP contribution in [0.4, 0.5) is 5.69 Å². The molecule has 1 atom stereocenters. The highest BCUT2D eigenvalue weighted by Crippen LogP contribution is 2.38. The molecule has 0 fully saturated rings. The fourth-order valence-electron chi connectivity index (χ4n) is 2.47. The van der Waals surface area contributed by atoms with Crippen molar-refractivity contribution in [1.29, 1.82) is 0 Å². The largest absolute Gasteiger partial charge is 0.481 e. The predicted octanol–water partition coefficient (Wildman–Crippen LogP) is 4.46. The molecule has 0 aliphatic rings. The van der Waals surface area contributed by atoms with Gasteiger partial charge in [-0.1, -0.05) is 44.4 Å². The molecule has 0 saturated carbocycles. The summed E-state index contributed by atoms with van der Waals surface area (Å²) < 4.78 is 0. The summed E-state index contributed by atoms with van der Waals surface area (Å²) in [4.78, 5) is 22.4. The smallest absolute Gasteiger partial charge is 0.309 e. The third kappa shape index (κ3) is 3.94. The average molecular weight is 314 g/mol. The first-order valence-electron chi connectivity index (χ1n) is 7.03. The summed E-state index contributed by atoms with van der Waals surface area (Å²) in [6, 6.07) is 4.43. The number of rotatable bonds is 8. The van der Waals surface area contributed by atoms with Gasteiger partial charge in [0, 0.05) is 11.6 Å². The van der Waals surface area contributed by atoms with Crippen LogP contribution < -0.4 is 0 Å². The lowest BCUT2D eigenvalue weighted by molar-refractivity contribution is -0.385. The third-order valence-electron chi connectivity index (χ3n) is 3.95. The van der Waals surface area contributed by atoms with Crippen molar-refractivity contribution in [2.45, 2.75) is 46.0 Å². The average Bonchev–Trinajstić information content (AvgIpc) is 2.44. The summed E-state index contributed by atoms with van der Waals surface area (Å²) in [5.41, 5.74) is -0.811. The molecule has 0 bridgehead atoms. The number of carboxylic acids is 1. The van der Waals surface area contributed by atoms with E-state index in [-0.39, 0.29) is 17.1 Å². The van der Waals surface area contributed by atoms with Crippen molar-refractivity contribution >= 4 is 23.3 Å². The van der Waals surface area contributed by atoms with Crippen LogP contribution in [0.2, 0.25) is 5.02 Å². The summed E-state index contributed by atoms with van der Waals surface area (Å²) >= 11 is 6.08. The fraction of sp³-hybridized carbons (Fsp3) is 0.533. The molecule has 1 aromatic carbocycles. The van der Waals surface area contributed by atoms with E-state index < -0.39 is 16.3 Å². The summed E-state index contributed by atoms with van der Waals surface area (Å²) in [5.74, 6) is -0.923. The van der Waals surface area contributed by atoms with Crippen LogP contribution >= 0.6 is 11.6 Å². The van der Waals surface area contributed by atoms with Gasteiger partial charge in [-0.05, 0) is 25.3 Å². The number of nitro benzene ring substituents is 1. The molecule has 0 amide bonds. The first kappa shape index (κ1) is 17.4. The second-order valence-electron chi connectivity index (χ2n) is 5.21. The van der Waals surface area contributed by atoms with Crippen molar-refractivity contribution < 1.29 is 14.8 Å². The number of aliphatic carboxylic acids is 1. The van der Waals surface area contributed by atoms with Crippen molar-refractivity contribution in [3.05, 3.63) is 38.9 Å². The molecule has 1 rings (SSSR count). The predicted molar refractivity (Wildman–Crippen MR) is 81.7 cm³/mol. The summed E-state index contributed by atoms with van der Waals surface area (Å²) in [7, 11) is 0. The second kappa shape index (κ2) is 7.41. The van der Waals surface area contributed by atoms with Gasteiger partial charge in [0.2, 0.25) is 0 Å². The van der Waals surface area contributed by atoms with Gasteiger partial charge in [-0.15, -0.1) is 0 Å².